The van der Waals surface area contributed by atoms with Gasteiger partial charge in [0, 0.05) is 24.3 Å². The van der Waals surface area contributed by atoms with E-state index < -0.39 is 0 Å². The summed E-state index contributed by atoms with van der Waals surface area (Å²) >= 11 is 0. The number of hydrogen-bond donors (Lipinski definition) is 2. The molecule has 1 aromatic carbocycles. The van der Waals surface area contributed by atoms with Crippen molar-refractivity contribution in [3.63, 3.8) is 0 Å². The quantitative estimate of drug-likeness (QED) is 0.893. The van der Waals surface area contributed by atoms with Gasteiger partial charge in [-0.05, 0) is 47.7 Å². The number of hydrogen-bond acceptors (Lipinski definition) is 3. The summed E-state index contributed by atoms with van der Waals surface area (Å²) in [5, 5.41) is 12.2. The molecule has 1 aliphatic heterocycles. The standard InChI is InChI=1S/C17H17N3O2/c21-10-13-7-12-6-11-3-5-20(16(11)8-15(12)13)17(22)19-14-2-1-4-18-9-14/h1-2,4,6,8-9,13,21H,3,5,7,10H2,(H,19,22). The molecule has 1 aromatic heterocycles. The van der Waals surface area contributed by atoms with E-state index in [0.29, 0.717) is 12.2 Å². The van der Waals surface area contributed by atoms with Crippen LogP contribution in [0.1, 0.15) is 22.6 Å². The molecule has 1 atom stereocenters. The van der Waals surface area contributed by atoms with Crippen LogP contribution in [-0.4, -0.2) is 29.3 Å². The number of benzene rings is 1. The van der Waals surface area contributed by atoms with Crippen molar-refractivity contribution in [2.75, 3.05) is 23.4 Å². The molecule has 0 radical (unpaired) electrons. The van der Waals surface area contributed by atoms with Gasteiger partial charge in [-0.15, -0.1) is 0 Å². The molecule has 5 heteroatoms. The smallest absolute Gasteiger partial charge is 0.326 e. The van der Waals surface area contributed by atoms with Gasteiger partial charge < -0.3 is 10.4 Å². The zero-order chi connectivity index (χ0) is 15.1. The number of nitrogens with zero attached hydrogens (tertiary/aromatic N) is 2. The summed E-state index contributed by atoms with van der Waals surface area (Å²) in [4.78, 5) is 18.3. The van der Waals surface area contributed by atoms with Crippen molar-refractivity contribution in [1.29, 1.82) is 0 Å². The van der Waals surface area contributed by atoms with E-state index in [2.05, 4.69) is 22.4 Å². The van der Waals surface area contributed by atoms with Gasteiger partial charge in [0.2, 0.25) is 0 Å². The van der Waals surface area contributed by atoms with E-state index in [-0.39, 0.29) is 18.6 Å². The molecule has 2 aromatic rings. The predicted octanol–water partition coefficient (Wildman–Crippen LogP) is 2.31. The lowest BCUT2D eigenvalue weighted by Gasteiger charge is -2.30. The van der Waals surface area contributed by atoms with Gasteiger partial charge in [-0.1, -0.05) is 6.07 Å². The molecule has 1 unspecified atom stereocenters. The summed E-state index contributed by atoms with van der Waals surface area (Å²) in [6.45, 7) is 0.863. The van der Waals surface area contributed by atoms with Crippen molar-refractivity contribution in [3.8, 4) is 0 Å². The molecule has 0 fully saturated rings. The maximum Gasteiger partial charge on any atom is 0.326 e. The molecule has 0 saturated carbocycles. The number of carbonyl (C=O) groups excluding carboxylic acids is 1. The number of carbonyl (C=O) groups is 1. The van der Waals surface area contributed by atoms with Gasteiger partial charge in [0.15, 0.2) is 0 Å². The maximum absolute atomic E-state index is 12.5. The van der Waals surface area contributed by atoms with E-state index in [4.69, 9.17) is 0 Å². The Morgan fingerprint density at radius 1 is 1.41 bits per heavy atom. The summed E-state index contributed by atoms with van der Waals surface area (Å²) in [6, 6.07) is 7.74. The van der Waals surface area contributed by atoms with Crippen molar-refractivity contribution < 1.29 is 9.90 Å². The Morgan fingerprint density at radius 2 is 2.32 bits per heavy atom. The molecule has 112 valence electrons. The number of amides is 2. The van der Waals surface area contributed by atoms with E-state index in [1.54, 1.807) is 23.4 Å². The van der Waals surface area contributed by atoms with E-state index in [1.165, 1.54) is 16.7 Å². The number of anilines is 2. The largest absolute Gasteiger partial charge is 0.396 e. The van der Waals surface area contributed by atoms with Gasteiger partial charge in [0.25, 0.3) is 0 Å². The topological polar surface area (TPSA) is 65.5 Å². The van der Waals surface area contributed by atoms with Crippen LogP contribution in [0.2, 0.25) is 0 Å². The van der Waals surface area contributed by atoms with Crippen LogP contribution in [-0.2, 0) is 12.8 Å². The second-order valence-electron chi connectivity index (χ2n) is 5.84. The fraction of sp³-hybridized carbons (Fsp3) is 0.294. The molecule has 2 N–H and O–H groups in total. The number of aliphatic hydroxyl groups is 1. The summed E-state index contributed by atoms with van der Waals surface area (Å²) in [5.74, 6) is 0.226. The summed E-state index contributed by atoms with van der Waals surface area (Å²) in [5.41, 5.74) is 5.38. The minimum absolute atomic E-state index is 0.133. The number of fused-ring (bicyclic) bond motifs is 2. The molecule has 22 heavy (non-hydrogen) atoms. The zero-order valence-corrected chi connectivity index (χ0v) is 12.1. The molecule has 2 heterocycles. The fourth-order valence-electron chi connectivity index (χ4n) is 3.31. The van der Waals surface area contributed by atoms with Crippen LogP contribution in [0.4, 0.5) is 16.2 Å². The fourth-order valence-corrected chi connectivity index (χ4v) is 3.31. The average molecular weight is 295 g/mol. The lowest BCUT2D eigenvalue weighted by molar-refractivity contribution is 0.253. The number of urea groups is 1. The molecular formula is C17H17N3O2. The van der Waals surface area contributed by atoms with Crippen molar-refractivity contribution in [3.05, 3.63) is 53.3 Å². The van der Waals surface area contributed by atoms with Crippen LogP contribution in [0.3, 0.4) is 0 Å². The Morgan fingerprint density at radius 3 is 3.09 bits per heavy atom. The summed E-state index contributed by atoms with van der Waals surface area (Å²) in [7, 11) is 0. The van der Waals surface area contributed by atoms with Crippen LogP contribution in [0.5, 0.6) is 0 Å². The van der Waals surface area contributed by atoms with Crippen molar-refractivity contribution >= 4 is 17.4 Å². The Balaban J connectivity index is 1.59. The normalized spacial score (nSPS) is 18.4. The average Bonchev–Trinajstić information content (AvgIpc) is 2.93. The highest BCUT2D eigenvalue weighted by atomic mass is 16.3. The van der Waals surface area contributed by atoms with E-state index >= 15 is 0 Å². The first-order valence-corrected chi connectivity index (χ1v) is 7.51. The molecular weight excluding hydrogens is 278 g/mol. The molecule has 5 nitrogen and oxygen atoms in total. The Bertz CT molecular complexity index is 730. The van der Waals surface area contributed by atoms with Gasteiger partial charge in [-0.3, -0.25) is 9.88 Å². The molecule has 0 saturated heterocycles. The Kier molecular flexibility index (Phi) is 3.08. The number of nitrogens with one attached hydrogen (secondary N) is 1. The molecule has 2 amide bonds. The van der Waals surface area contributed by atoms with E-state index in [0.717, 1.165) is 18.5 Å². The first-order chi connectivity index (χ1) is 10.8. The molecule has 2 aliphatic rings. The SMILES string of the molecule is O=C(Nc1cccnc1)N1CCc2cc3c(cc21)C(CO)C3. The highest BCUT2D eigenvalue weighted by Gasteiger charge is 2.32. The van der Waals surface area contributed by atoms with Gasteiger partial charge >= 0.3 is 6.03 Å². The minimum atomic E-state index is -0.133. The van der Waals surface area contributed by atoms with Crippen LogP contribution in [0.25, 0.3) is 0 Å². The second-order valence-corrected chi connectivity index (χ2v) is 5.84. The Hall–Kier alpha value is -2.40. The second kappa shape index (κ2) is 5.10. The lowest BCUT2D eigenvalue weighted by atomic mass is 9.77. The first kappa shape index (κ1) is 13.3. The van der Waals surface area contributed by atoms with Crippen LogP contribution in [0.15, 0.2) is 36.7 Å². The van der Waals surface area contributed by atoms with Crippen molar-refractivity contribution in [2.24, 2.45) is 0 Å². The monoisotopic (exact) mass is 295 g/mol. The Labute approximate surface area is 128 Å². The van der Waals surface area contributed by atoms with Gasteiger partial charge in [-0.25, -0.2) is 4.79 Å². The molecule has 4 rings (SSSR count). The highest BCUT2D eigenvalue weighted by Crippen LogP contribution is 2.41. The zero-order valence-electron chi connectivity index (χ0n) is 12.1. The number of rotatable bonds is 2. The third-order valence-corrected chi connectivity index (χ3v) is 4.52. The lowest BCUT2D eigenvalue weighted by Crippen LogP contribution is -2.33. The van der Waals surface area contributed by atoms with Crippen LogP contribution >= 0.6 is 0 Å². The van der Waals surface area contributed by atoms with E-state index in [9.17, 15) is 9.90 Å². The third-order valence-electron chi connectivity index (χ3n) is 4.52. The van der Waals surface area contributed by atoms with Gasteiger partial charge in [0.05, 0.1) is 18.5 Å². The van der Waals surface area contributed by atoms with Gasteiger partial charge in [0.1, 0.15) is 0 Å². The van der Waals surface area contributed by atoms with Gasteiger partial charge in [-0.2, -0.15) is 0 Å². The van der Waals surface area contributed by atoms with Crippen LogP contribution < -0.4 is 10.2 Å². The first-order valence-electron chi connectivity index (χ1n) is 7.51. The molecule has 0 spiro atoms. The number of aliphatic hydroxyl groups excluding tert-OH is 1. The minimum Gasteiger partial charge on any atom is -0.396 e. The summed E-state index contributed by atoms with van der Waals surface area (Å²) in [6.07, 6.45) is 5.14. The van der Waals surface area contributed by atoms with Crippen molar-refractivity contribution in [2.45, 2.75) is 18.8 Å². The predicted molar refractivity (Wildman–Crippen MR) is 84.3 cm³/mol. The van der Waals surface area contributed by atoms with Crippen LogP contribution in [0, 0.1) is 0 Å². The maximum atomic E-state index is 12.5. The van der Waals surface area contributed by atoms with E-state index in [1.807, 2.05) is 6.07 Å². The van der Waals surface area contributed by atoms with Crippen molar-refractivity contribution in [1.82, 2.24) is 4.98 Å². The molecule has 1 aliphatic carbocycles. The highest BCUT2D eigenvalue weighted by molar-refractivity contribution is 6.03. The third kappa shape index (κ3) is 2.05. The summed E-state index contributed by atoms with van der Waals surface area (Å²) < 4.78 is 0. The molecule has 0 bridgehead atoms. The number of pyridine rings is 1. The number of aromatic nitrogens is 1.